The molecule has 0 aliphatic carbocycles. The van der Waals surface area contributed by atoms with Crippen LogP contribution in [0.1, 0.15) is 20.8 Å². The van der Waals surface area contributed by atoms with Gasteiger partial charge in [0.1, 0.15) is 12.2 Å². The zero-order valence-corrected chi connectivity index (χ0v) is 14.5. The van der Waals surface area contributed by atoms with Gasteiger partial charge in [-0.25, -0.2) is 9.59 Å². The fourth-order valence-electron chi connectivity index (χ4n) is 1.46. The quantitative estimate of drug-likeness (QED) is 0.344. The molecule has 24 heavy (non-hydrogen) atoms. The summed E-state index contributed by atoms with van der Waals surface area (Å²) in [5.74, 6) is 0. The number of aliphatic hydroxyl groups is 2. The number of aliphatic hydroxyl groups excluding tert-OH is 2. The summed E-state index contributed by atoms with van der Waals surface area (Å²) in [5, 5.41) is 27.0. The molecule has 0 aromatic heterocycles. The van der Waals surface area contributed by atoms with E-state index in [1.807, 2.05) is 0 Å². The Bertz CT molecular complexity index is 397. The predicted molar refractivity (Wildman–Crippen MR) is 88.7 cm³/mol. The zero-order chi connectivity index (χ0) is 18.6. The highest BCUT2D eigenvalue weighted by Gasteiger charge is 2.16. The van der Waals surface area contributed by atoms with Crippen LogP contribution in [0.4, 0.5) is 9.59 Å². The van der Waals surface area contributed by atoms with Crippen molar-refractivity contribution in [1.82, 2.24) is 16.0 Å². The van der Waals surface area contributed by atoms with E-state index in [0.717, 1.165) is 0 Å². The maximum Gasteiger partial charge on any atom is 0.407 e. The maximum absolute atomic E-state index is 11.4. The molecule has 0 spiro atoms. The zero-order valence-electron chi connectivity index (χ0n) is 14.5. The van der Waals surface area contributed by atoms with Crippen molar-refractivity contribution in [2.45, 2.75) is 38.6 Å². The Balaban J connectivity index is 3.73. The molecule has 5 N–H and O–H groups in total. The molecule has 0 rings (SSSR count). The van der Waals surface area contributed by atoms with E-state index in [2.05, 4.69) is 27.3 Å². The SMILES string of the molecule is C=CCOC(=O)NC[C@H](O)CNC[C@@H](O)CNC(=O)OC(C)(C)C. The topological polar surface area (TPSA) is 129 Å². The summed E-state index contributed by atoms with van der Waals surface area (Å²) in [4.78, 5) is 22.5. The van der Waals surface area contributed by atoms with Gasteiger partial charge in [-0.15, -0.1) is 0 Å². The van der Waals surface area contributed by atoms with Crippen LogP contribution in [0.3, 0.4) is 0 Å². The van der Waals surface area contributed by atoms with Crippen LogP contribution in [-0.4, -0.2) is 73.0 Å². The van der Waals surface area contributed by atoms with E-state index in [1.54, 1.807) is 20.8 Å². The predicted octanol–water partition coefficient (Wildman–Crippen LogP) is -0.265. The molecule has 0 bridgehead atoms. The Morgan fingerprint density at radius 3 is 2.00 bits per heavy atom. The molecule has 0 aromatic carbocycles. The number of nitrogens with one attached hydrogen (secondary N) is 3. The molecule has 0 aliphatic heterocycles. The monoisotopic (exact) mass is 347 g/mol. The smallest absolute Gasteiger partial charge is 0.407 e. The molecule has 0 saturated heterocycles. The van der Waals surface area contributed by atoms with Crippen molar-refractivity contribution < 1.29 is 29.3 Å². The summed E-state index contributed by atoms with van der Waals surface area (Å²) >= 11 is 0. The number of hydrogen-bond acceptors (Lipinski definition) is 7. The Morgan fingerprint density at radius 2 is 1.54 bits per heavy atom. The lowest BCUT2D eigenvalue weighted by atomic mass is 10.2. The Morgan fingerprint density at radius 1 is 1.04 bits per heavy atom. The lowest BCUT2D eigenvalue weighted by Crippen LogP contribution is -2.43. The summed E-state index contributed by atoms with van der Waals surface area (Å²) in [6.07, 6.45) is -1.49. The number of ether oxygens (including phenoxy) is 2. The van der Waals surface area contributed by atoms with E-state index in [4.69, 9.17) is 4.74 Å². The largest absolute Gasteiger partial charge is 0.445 e. The molecule has 0 heterocycles. The molecule has 9 nitrogen and oxygen atoms in total. The van der Waals surface area contributed by atoms with Gasteiger partial charge < -0.3 is 35.6 Å². The van der Waals surface area contributed by atoms with Crippen molar-refractivity contribution in [2.24, 2.45) is 0 Å². The first-order valence-electron chi connectivity index (χ1n) is 7.69. The van der Waals surface area contributed by atoms with Crippen molar-refractivity contribution in [3.63, 3.8) is 0 Å². The molecular formula is C15H29N3O6. The molecule has 9 heteroatoms. The van der Waals surface area contributed by atoms with Gasteiger partial charge in [0.15, 0.2) is 0 Å². The number of rotatable bonds is 10. The van der Waals surface area contributed by atoms with Gasteiger partial charge in [-0.2, -0.15) is 0 Å². The summed E-state index contributed by atoms with van der Waals surface area (Å²) in [7, 11) is 0. The van der Waals surface area contributed by atoms with Crippen LogP contribution >= 0.6 is 0 Å². The Hall–Kier alpha value is -1.84. The minimum absolute atomic E-state index is 0.00916. The van der Waals surface area contributed by atoms with Crippen LogP contribution in [0.25, 0.3) is 0 Å². The van der Waals surface area contributed by atoms with Gasteiger partial charge in [0.05, 0.1) is 12.2 Å². The van der Waals surface area contributed by atoms with Gasteiger partial charge in [-0.3, -0.25) is 0 Å². The number of alkyl carbamates (subject to hydrolysis) is 2. The van der Waals surface area contributed by atoms with Gasteiger partial charge in [-0.1, -0.05) is 12.7 Å². The molecule has 0 radical (unpaired) electrons. The molecule has 0 aromatic rings. The summed E-state index contributed by atoms with van der Waals surface area (Å²) in [6.45, 7) is 9.08. The summed E-state index contributed by atoms with van der Waals surface area (Å²) in [6, 6.07) is 0. The van der Waals surface area contributed by atoms with E-state index in [1.165, 1.54) is 6.08 Å². The third kappa shape index (κ3) is 13.8. The molecule has 0 unspecified atom stereocenters. The standard InChI is InChI=1S/C15H29N3O6/c1-5-6-23-13(21)17-9-11(19)7-16-8-12(20)10-18-14(22)24-15(2,3)4/h5,11-12,16,19-20H,1,6-10H2,2-4H3,(H,17,21)(H,18,22)/t11-,12-/m1/s1. The van der Waals surface area contributed by atoms with Crippen molar-refractivity contribution in [3.05, 3.63) is 12.7 Å². The fraction of sp³-hybridized carbons (Fsp3) is 0.733. The molecule has 140 valence electrons. The van der Waals surface area contributed by atoms with Gasteiger partial charge >= 0.3 is 12.2 Å². The van der Waals surface area contributed by atoms with Crippen LogP contribution in [0.15, 0.2) is 12.7 Å². The number of amides is 2. The highest BCUT2D eigenvalue weighted by Crippen LogP contribution is 2.06. The summed E-state index contributed by atoms with van der Waals surface area (Å²) < 4.78 is 9.71. The molecule has 0 fully saturated rings. The van der Waals surface area contributed by atoms with E-state index < -0.39 is 30.0 Å². The van der Waals surface area contributed by atoms with Crippen molar-refractivity contribution in [2.75, 3.05) is 32.8 Å². The highest BCUT2D eigenvalue weighted by atomic mass is 16.6. The van der Waals surface area contributed by atoms with E-state index in [0.29, 0.717) is 0 Å². The van der Waals surface area contributed by atoms with Crippen molar-refractivity contribution in [3.8, 4) is 0 Å². The van der Waals surface area contributed by atoms with Crippen LogP contribution < -0.4 is 16.0 Å². The maximum atomic E-state index is 11.4. The average Bonchev–Trinajstić information content (AvgIpc) is 2.47. The van der Waals surface area contributed by atoms with Crippen LogP contribution in [0.2, 0.25) is 0 Å². The van der Waals surface area contributed by atoms with Gasteiger partial charge in [0.25, 0.3) is 0 Å². The molecule has 0 aliphatic rings. The summed E-state index contributed by atoms with van der Waals surface area (Å²) in [5.41, 5.74) is -0.600. The lowest BCUT2D eigenvalue weighted by molar-refractivity contribution is 0.0490. The number of carbonyl (C=O) groups is 2. The molecule has 2 amide bonds. The second-order valence-electron chi connectivity index (χ2n) is 6.12. The highest BCUT2D eigenvalue weighted by molar-refractivity contribution is 5.67. The number of carbonyl (C=O) groups excluding carboxylic acids is 2. The van der Waals surface area contributed by atoms with E-state index in [9.17, 15) is 19.8 Å². The third-order valence-corrected chi connectivity index (χ3v) is 2.46. The van der Waals surface area contributed by atoms with Gasteiger partial charge in [0, 0.05) is 26.2 Å². The molecule has 2 atom stereocenters. The van der Waals surface area contributed by atoms with Crippen molar-refractivity contribution >= 4 is 12.2 Å². The van der Waals surface area contributed by atoms with E-state index >= 15 is 0 Å². The Kier molecular flexibility index (Phi) is 10.8. The fourth-order valence-corrected chi connectivity index (χ4v) is 1.46. The van der Waals surface area contributed by atoms with Gasteiger partial charge in [0.2, 0.25) is 0 Å². The van der Waals surface area contributed by atoms with Crippen LogP contribution in [-0.2, 0) is 9.47 Å². The molecular weight excluding hydrogens is 318 g/mol. The average molecular weight is 347 g/mol. The van der Waals surface area contributed by atoms with Crippen molar-refractivity contribution in [1.29, 1.82) is 0 Å². The second-order valence-corrected chi connectivity index (χ2v) is 6.12. The Labute approximate surface area is 142 Å². The minimum Gasteiger partial charge on any atom is -0.445 e. The molecule has 0 saturated carbocycles. The van der Waals surface area contributed by atoms with Crippen LogP contribution in [0.5, 0.6) is 0 Å². The first-order chi connectivity index (χ1) is 11.1. The second kappa shape index (κ2) is 11.7. The number of hydrogen-bond donors (Lipinski definition) is 5. The minimum atomic E-state index is -0.840. The van der Waals surface area contributed by atoms with Gasteiger partial charge in [-0.05, 0) is 20.8 Å². The third-order valence-electron chi connectivity index (χ3n) is 2.46. The normalized spacial score (nSPS) is 13.5. The van der Waals surface area contributed by atoms with Crippen LogP contribution in [0, 0.1) is 0 Å². The first-order valence-corrected chi connectivity index (χ1v) is 7.69. The van der Waals surface area contributed by atoms with E-state index in [-0.39, 0.29) is 32.8 Å². The first kappa shape index (κ1) is 22.2. The lowest BCUT2D eigenvalue weighted by Gasteiger charge is -2.21.